The van der Waals surface area contributed by atoms with Crippen molar-refractivity contribution in [2.45, 2.75) is 32.7 Å². The number of nitrogens with zero attached hydrogens (tertiary/aromatic N) is 4. The number of imidazole rings is 1. The molecule has 8 nitrogen and oxygen atoms in total. The number of rotatable bonds is 8. The maximum Gasteiger partial charge on any atom is 0.326 e. The van der Waals surface area contributed by atoms with E-state index in [9.17, 15) is 14.4 Å². The maximum atomic E-state index is 12.0. The molecule has 1 aromatic heterocycles. The predicted octanol–water partition coefficient (Wildman–Crippen LogP) is 1.53. The monoisotopic (exact) mass is 371 g/mol. The van der Waals surface area contributed by atoms with Crippen molar-refractivity contribution in [3.63, 3.8) is 0 Å². The summed E-state index contributed by atoms with van der Waals surface area (Å²) in [5, 5.41) is 2.90. The number of imide groups is 1. The Morgan fingerprint density at radius 1 is 1.19 bits per heavy atom. The smallest absolute Gasteiger partial charge is 0.326 e. The molecule has 27 heavy (non-hydrogen) atoms. The number of hydrogen-bond donors (Lipinski definition) is 1. The summed E-state index contributed by atoms with van der Waals surface area (Å²) in [7, 11) is 1.60. The molecule has 4 amide bonds. The summed E-state index contributed by atoms with van der Waals surface area (Å²) < 4.78 is 2.16. The Morgan fingerprint density at radius 3 is 2.70 bits per heavy atom. The van der Waals surface area contributed by atoms with Crippen molar-refractivity contribution in [3.8, 4) is 0 Å². The average Bonchev–Trinajstić information content (AvgIpc) is 3.08. The van der Waals surface area contributed by atoms with E-state index >= 15 is 0 Å². The number of urea groups is 1. The molecule has 1 saturated heterocycles. The Labute approximate surface area is 158 Å². The minimum Gasteiger partial charge on any atom is -0.356 e. The number of amides is 4. The van der Waals surface area contributed by atoms with Crippen molar-refractivity contribution in [1.82, 2.24) is 24.7 Å². The topological polar surface area (TPSA) is 87.5 Å². The summed E-state index contributed by atoms with van der Waals surface area (Å²) in [6.45, 7) is 3.75. The Bertz CT molecular complexity index is 860. The molecule has 1 aromatic carbocycles. The quantitative estimate of drug-likeness (QED) is 0.563. The first-order chi connectivity index (χ1) is 13.0. The van der Waals surface area contributed by atoms with Gasteiger partial charge in [-0.3, -0.25) is 14.5 Å². The zero-order valence-electron chi connectivity index (χ0n) is 15.8. The van der Waals surface area contributed by atoms with Crippen molar-refractivity contribution >= 4 is 28.9 Å². The maximum absolute atomic E-state index is 12.0. The summed E-state index contributed by atoms with van der Waals surface area (Å²) in [4.78, 5) is 42.5. The van der Waals surface area contributed by atoms with Crippen LogP contribution in [-0.4, -0.2) is 63.9 Å². The largest absolute Gasteiger partial charge is 0.356 e. The Morgan fingerprint density at radius 2 is 1.96 bits per heavy atom. The van der Waals surface area contributed by atoms with Crippen LogP contribution in [0.2, 0.25) is 0 Å². The molecule has 1 fully saturated rings. The number of benzene rings is 1. The van der Waals surface area contributed by atoms with Gasteiger partial charge in [-0.05, 0) is 31.9 Å². The van der Waals surface area contributed by atoms with Gasteiger partial charge in [0.25, 0.3) is 0 Å². The molecule has 0 atom stereocenters. The highest BCUT2D eigenvalue weighted by Crippen LogP contribution is 2.15. The number of likely N-dealkylation sites (N-methyl/N-ethyl adjacent to an activating group) is 1. The van der Waals surface area contributed by atoms with Crippen molar-refractivity contribution in [3.05, 3.63) is 30.1 Å². The van der Waals surface area contributed by atoms with Gasteiger partial charge in [-0.1, -0.05) is 12.1 Å². The molecule has 0 unspecified atom stereocenters. The van der Waals surface area contributed by atoms with Crippen LogP contribution in [0, 0.1) is 6.92 Å². The number of para-hydroxylation sites is 2. The van der Waals surface area contributed by atoms with Crippen LogP contribution in [0.3, 0.4) is 0 Å². The lowest BCUT2D eigenvalue weighted by molar-refractivity contribution is -0.126. The van der Waals surface area contributed by atoms with Gasteiger partial charge in [0.15, 0.2) is 0 Å². The van der Waals surface area contributed by atoms with Gasteiger partial charge in [0.05, 0.1) is 11.0 Å². The third-order valence-corrected chi connectivity index (χ3v) is 4.74. The second-order valence-corrected chi connectivity index (χ2v) is 6.79. The van der Waals surface area contributed by atoms with Crippen LogP contribution in [0.15, 0.2) is 24.3 Å². The van der Waals surface area contributed by atoms with E-state index in [1.165, 1.54) is 9.80 Å². The molecule has 1 N–H and O–H groups in total. The zero-order chi connectivity index (χ0) is 19.4. The van der Waals surface area contributed by atoms with Crippen molar-refractivity contribution in [2.75, 3.05) is 26.7 Å². The number of carbonyl (C=O) groups is 3. The van der Waals surface area contributed by atoms with Gasteiger partial charge in [0.2, 0.25) is 11.8 Å². The third-order valence-electron chi connectivity index (χ3n) is 4.74. The average molecular weight is 371 g/mol. The van der Waals surface area contributed by atoms with Crippen LogP contribution in [-0.2, 0) is 16.1 Å². The van der Waals surface area contributed by atoms with Gasteiger partial charge in [-0.2, -0.15) is 0 Å². The molecule has 8 heteroatoms. The fourth-order valence-corrected chi connectivity index (χ4v) is 3.32. The lowest BCUT2D eigenvalue weighted by atomic mass is 10.2. The molecule has 1 aliphatic rings. The van der Waals surface area contributed by atoms with Crippen LogP contribution >= 0.6 is 0 Å². The normalized spacial score (nSPS) is 14.4. The van der Waals surface area contributed by atoms with Crippen LogP contribution < -0.4 is 5.32 Å². The standard InChI is InChI=1S/C19H25N5O3/c1-14-21-15-7-3-4-8-16(15)23(14)12-6-10-20-17(25)9-5-11-24-18(26)13-22(2)19(24)27/h3-4,7-8H,5-6,9-13H2,1-2H3,(H,20,25). The molecule has 1 aliphatic heterocycles. The van der Waals surface area contributed by atoms with Crippen LogP contribution in [0.4, 0.5) is 4.79 Å². The second kappa shape index (κ2) is 8.20. The number of nitrogens with one attached hydrogen (secondary N) is 1. The molecule has 3 rings (SSSR count). The van der Waals surface area contributed by atoms with E-state index in [0.29, 0.717) is 19.4 Å². The summed E-state index contributed by atoms with van der Waals surface area (Å²) in [5.41, 5.74) is 2.09. The molecule has 0 radical (unpaired) electrons. The van der Waals surface area contributed by atoms with E-state index in [1.807, 2.05) is 31.2 Å². The first-order valence-electron chi connectivity index (χ1n) is 9.21. The fourth-order valence-electron chi connectivity index (χ4n) is 3.32. The Balaban J connectivity index is 1.37. The SMILES string of the molecule is Cc1nc2ccccc2n1CCCNC(=O)CCCN1C(=O)CN(C)C1=O. The fraction of sp³-hybridized carbons (Fsp3) is 0.474. The summed E-state index contributed by atoms with van der Waals surface area (Å²) in [6, 6.07) is 7.72. The van der Waals surface area contributed by atoms with E-state index in [1.54, 1.807) is 7.05 Å². The van der Waals surface area contributed by atoms with E-state index in [0.717, 1.165) is 29.8 Å². The predicted molar refractivity (Wildman–Crippen MR) is 101 cm³/mol. The molecule has 0 spiro atoms. The minimum atomic E-state index is -0.289. The van der Waals surface area contributed by atoms with E-state index in [-0.39, 0.29) is 30.9 Å². The molecular weight excluding hydrogens is 346 g/mol. The molecule has 2 aromatic rings. The molecule has 0 bridgehead atoms. The lowest BCUT2D eigenvalue weighted by Gasteiger charge is -2.13. The van der Waals surface area contributed by atoms with Gasteiger partial charge in [-0.15, -0.1) is 0 Å². The lowest BCUT2D eigenvalue weighted by Crippen LogP contribution is -2.33. The highest BCUT2D eigenvalue weighted by Gasteiger charge is 2.32. The number of aromatic nitrogens is 2. The number of fused-ring (bicyclic) bond motifs is 1. The molecular formula is C19H25N5O3. The first-order valence-corrected chi connectivity index (χ1v) is 9.21. The van der Waals surface area contributed by atoms with Crippen LogP contribution in [0.5, 0.6) is 0 Å². The summed E-state index contributed by atoms with van der Waals surface area (Å²) in [6.07, 6.45) is 1.58. The summed E-state index contributed by atoms with van der Waals surface area (Å²) >= 11 is 0. The molecule has 144 valence electrons. The Kier molecular flexibility index (Phi) is 5.73. The minimum absolute atomic E-state index is 0.0605. The molecule has 2 heterocycles. The van der Waals surface area contributed by atoms with Gasteiger partial charge in [0.1, 0.15) is 12.4 Å². The Hall–Kier alpha value is -2.90. The summed E-state index contributed by atoms with van der Waals surface area (Å²) in [5.74, 6) is 0.702. The van der Waals surface area contributed by atoms with Crippen molar-refractivity contribution < 1.29 is 14.4 Å². The van der Waals surface area contributed by atoms with E-state index in [2.05, 4.69) is 14.9 Å². The van der Waals surface area contributed by atoms with Gasteiger partial charge >= 0.3 is 6.03 Å². The highest BCUT2D eigenvalue weighted by atomic mass is 16.2. The number of hydrogen-bond acceptors (Lipinski definition) is 4. The van der Waals surface area contributed by atoms with Crippen molar-refractivity contribution in [2.24, 2.45) is 0 Å². The van der Waals surface area contributed by atoms with Crippen LogP contribution in [0.1, 0.15) is 25.1 Å². The van der Waals surface area contributed by atoms with E-state index in [4.69, 9.17) is 0 Å². The second-order valence-electron chi connectivity index (χ2n) is 6.79. The van der Waals surface area contributed by atoms with Gasteiger partial charge in [0, 0.05) is 33.1 Å². The number of carbonyl (C=O) groups excluding carboxylic acids is 3. The number of aryl methyl sites for hydroxylation is 2. The van der Waals surface area contributed by atoms with Gasteiger partial charge < -0.3 is 14.8 Å². The van der Waals surface area contributed by atoms with E-state index < -0.39 is 0 Å². The highest BCUT2D eigenvalue weighted by molar-refractivity contribution is 6.01. The van der Waals surface area contributed by atoms with Crippen molar-refractivity contribution in [1.29, 1.82) is 0 Å². The third kappa shape index (κ3) is 4.27. The zero-order valence-corrected chi connectivity index (χ0v) is 15.8. The molecule has 0 aliphatic carbocycles. The molecule has 0 saturated carbocycles. The van der Waals surface area contributed by atoms with Gasteiger partial charge in [-0.25, -0.2) is 9.78 Å². The first kappa shape index (κ1) is 18.9. The van der Waals surface area contributed by atoms with Crippen LogP contribution in [0.25, 0.3) is 11.0 Å².